The Kier molecular flexibility index (Phi) is 3.25. The molecule has 3 nitrogen and oxygen atoms in total. The number of halogens is 2. The van der Waals surface area contributed by atoms with Crippen LogP contribution < -0.4 is 5.32 Å². The molecule has 21 heavy (non-hydrogen) atoms. The summed E-state index contributed by atoms with van der Waals surface area (Å²) in [7, 11) is 0. The standard InChI is InChI=1S/C16H11F2NO2/c17-13-4-2-10(7-14(13)18)5-9-1-3-12-11(6-9)8-15(20)19-16(12)21/h2-7H,1,8H2,(H,19,20,21). The summed E-state index contributed by atoms with van der Waals surface area (Å²) in [5.41, 5.74) is 2.53. The van der Waals surface area contributed by atoms with E-state index in [1.165, 1.54) is 6.07 Å². The third kappa shape index (κ3) is 2.67. The molecule has 0 aromatic heterocycles. The molecule has 1 aromatic carbocycles. The van der Waals surface area contributed by atoms with E-state index in [2.05, 4.69) is 5.32 Å². The smallest absolute Gasteiger partial charge is 0.257 e. The van der Waals surface area contributed by atoms with Crippen molar-refractivity contribution in [3.05, 3.63) is 64.3 Å². The minimum Gasteiger partial charge on any atom is -0.292 e. The summed E-state index contributed by atoms with van der Waals surface area (Å²) >= 11 is 0. The number of hydrogen-bond acceptors (Lipinski definition) is 2. The lowest BCUT2D eigenvalue weighted by Crippen LogP contribution is -2.37. The van der Waals surface area contributed by atoms with Crippen molar-refractivity contribution in [1.82, 2.24) is 5.32 Å². The number of carbonyl (C=O) groups excluding carboxylic acids is 2. The lowest BCUT2D eigenvalue weighted by Gasteiger charge is -2.21. The van der Waals surface area contributed by atoms with Crippen LogP contribution in [0.15, 0.2) is 47.1 Å². The Morgan fingerprint density at radius 1 is 1.14 bits per heavy atom. The first-order valence-corrected chi connectivity index (χ1v) is 6.44. The third-order valence-electron chi connectivity index (χ3n) is 3.39. The minimum atomic E-state index is -0.906. The van der Waals surface area contributed by atoms with Crippen molar-refractivity contribution in [1.29, 1.82) is 0 Å². The quantitative estimate of drug-likeness (QED) is 0.807. The first-order chi connectivity index (χ1) is 10.0. The lowest BCUT2D eigenvalue weighted by atomic mass is 9.88. The Balaban J connectivity index is 1.92. The van der Waals surface area contributed by atoms with Gasteiger partial charge in [-0.05, 0) is 35.3 Å². The number of nitrogens with one attached hydrogen (secondary N) is 1. The fraction of sp³-hybridized carbons (Fsp3) is 0.125. The Morgan fingerprint density at radius 2 is 1.95 bits per heavy atom. The molecular weight excluding hydrogens is 276 g/mol. The van der Waals surface area contributed by atoms with Crippen molar-refractivity contribution in [2.24, 2.45) is 0 Å². The summed E-state index contributed by atoms with van der Waals surface area (Å²) in [5, 5.41) is 2.26. The maximum atomic E-state index is 13.2. The summed E-state index contributed by atoms with van der Waals surface area (Å²) in [6.07, 6.45) is 5.85. The zero-order chi connectivity index (χ0) is 15.0. The van der Waals surface area contributed by atoms with Gasteiger partial charge in [0, 0.05) is 5.57 Å². The fourth-order valence-corrected chi connectivity index (χ4v) is 2.42. The van der Waals surface area contributed by atoms with Gasteiger partial charge in [-0.25, -0.2) is 8.78 Å². The van der Waals surface area contributed by atoms with E-state index in [0.29, 0.717) is 23.1 Å². The normalized spacial score (nSPS) is 19.8. The molecule has 2 aliphatic rings. The van der Waals surface area contributed by atoms with Crippen LogP contribution in [0.2, 0.25) is 0 Å². The number of benzene rings is 1. The van der Waals surface area contributed by atoms with Crippen molar-refractivity contribution in [3.8, 4) is 0 Å². The van der Waals surface area contributed by atoms with Crippen LogP contribution in [-0.2, 0) is 9.59 Å². The molecule has 0 spiro atoms. The molecule has 2 amide bonds. The minimum absolute atomic E-state index is 0.146. The maximum absolute atomic E-state index is 13.2. The predicted octanol–water partition coefficient (Wildman–Crippen LogP) is 2.65. The number of imide groups is 1. The summed E-state index contributed by atoms with van der Waals surface area (Å²) in [5.74, 6) is -2.52. The molecular formula is C16H11F2NO2. The van der Waals surface area contributed by atoms with E-state index < -0.39 is 11.6 Å². The predicted molar refractivity (Wildman–Crippen MR) is 72.9 cm³/mol. The van der Waals surface area contributed by atoms with Gasteiger partial charge in [0.05, 0.1) is 6.42 Å². The van der Waals surface area contributed by atoms with Gasteiger partial charge in [0.2, 0.25) is 5.91 Å². The second-order valence-electron chi connectivity index (χ2n) is 4.94. The van der Waals surface area contributed by atoms with E-state index in [9.17, 15) is 18.4 Å². The second-order valence-corrected chi connectivity index (χ2v) is 4.94. The van der Waals surface area contributed by atoms with Crippen LogP contribution in [-0.4, -0.2) is 11.8 Å². The molecule has 5 heteroatoms. The van der Waals surface area contributed by atoms with Crippen LogP contribution in [0.4, 0.5) is 8.78 Å². The van der Waals surface area contributed by atoms with Crippen molar-refractivity contribution in [2.75, 3.05) is 0 Å². The van der Waals surface area contributed by atoms with Gasteiger partial charge in [0.1, 0.15) is 0 Å². The second kappa shape index (κ2) is 5.09. The first kappa shape index (κ1) is 13.4. The molecule has 0 bridgehead atoms. The highest BCUT2D eigenvalue weighted by Crippen LogP contribution is 2.28. The Labute approximate surface area is 119 Å². The molecule has 1 fully saturated rings. The van der Waals surface area contributed by atoms with Crippen LogP contribution in [0.1, 0.15) is 18.4 Å². The van der Waals surface area contributed by atoms with Crippen molar-refractivity contribution in [3.63, 3.8) is 0 Å². The summed E-state index contributed by atoms with van der Waals surface area (Å²) < 4.78 is 26.1. The van der Waals surface area contributed by atoms with Crippen LogP contribution in [0.25, 0.3) is 6.08 Å². The van der Waals surface area contributed by atoms with Gasteiger partial charge in [-0.1, -0.05) is 24.3 Å². The Bertz CT molecular complexity index is 745. The van der Waals surface area contributed by atoms with E-state index in [4.69, 9.17) is 0 Å². The molecule has 0 unspecified atom stereocenters. The monoisotopic (exact) mass is 287 g/mol. The number of rotatable bonds is 1. The van der Waals surface area contributed by atoms with E-state index in [1.54, 1.807) is 18.2 Å². The molecule has 0 saturated carbocycles. The highest BCUT2D eigenvalue weighted by molar-refractivity contribution is 6.12. The van der Waals surface area contributed by atoms with Crippen LogP contribution in [0.5, 0.6) is 0 Å². The van der Waals surface area contributed by atoms with Gasteiger partial charge in [0.15, 0.2) is 11.6 Å². The number of amides is 2. The van der Waals surface area contributed by atoms with Crippen LogP contribution in [0, 0.1) is 11.6 Å². The number of carbonyl (C=O) groups is 2. The largest absolute Gasteiger partial charge is 0.292 e. The van der Waals surface area contributed by atoms with Crippen LogP contribution >= 0.6 is 0 Å². The Morgan fingerprint density at radius 3 is 2.71 bits per heavy atom. The van der Waals surface area contributed by atoms with Gasteiger partial charge >= 0.3 is 0 Å². The molecule has 1 N–H and O–H groups in total. The van der Waals surface area contributed by atoms with Gasteiger partial charge < -0.3 is 0 Å². The van der Waals surface area contributed by atoms with E-state index in [-0.39, 0.29) is 18.2 Å². The molecule has 1 aliphatic heterocycles. The van der Waals surface area contributed by atoms with Crippen molar-refractivity contribution in [2.45, 2.75) is 12.8 Å². The highest BCUT2D eigenvalue weighted by Gasteiger charge is 2.26. The third-order valence-corrected chi connectivity index (χ3v) is 3.39. The van der Waals surface area contributed by atoms with Crippen LogP contribution in [0.3, 0.4) is 0 Å². The van der Waals surface area contributed by atoms with Crippen molar-refractivity contribution >= 4 is 17.9 Å². The molecule has 1 aromatic rings. The zero-order valence-electron chi connectivity index (χ0n) is 11.0. The number of hydrogen-bond donors (Lipinski definition) is 1. The maximum Gasteiger partial charge on any atom is 0.257 e. The highest BCUT2D eigenvalue weighted by atomic mass is 19.2. The number of allylic oxidation sites excluding steroid dienone is 3. The van der Waals surface area contributed by atoms with Crippen molar-refractivity contribution < 1.29 is 18.4 Å². The summed E-state index contributed by atoms with van der Waals surface area (Å²) in [6, 6.07) is 3.65. The molecule has 0 radical (unpaired) electrons. The molecule has 3 rings (SSSR count). The zero-order valence-corrected chi connectivity index (χ0v) is 11.0. The van der Waals surface area contributed by atoms with Gasteiger partial charge in [-0.3, -0.25) is 14.9 Å². The SMILES string of the molecule is O=C1CC2=CC(=Cc3ccc(F)c(F)c3)CC=C2C(=O)N1. The molecule has 106 valence electrons. The Hall–Kier alpha value is -2.56. The number of piperidine rings is 1. The van der Waals surface area contributed by atoms with Gasteiger partial charge in [-0.15, -0.1) is 0 Å². The van der Waals surface area contributed by atoms with E-state index in [0.717, 1.165) is 17.7 Å². The van der Waals surface area contributed by atoms with E-state index in [1.807, 2.05) is 0 Å². The fourth-order valence-electron chi connectivity index (χ4n) is 2.42. The summed E-state index contributed by atoms with van der Waals surface area (Å²) in [6.45, 7) is 0. The van der Waals surface area contributed by atoms with Gasteiger partial charge in [-0.2, -0.15) is 0 Å². The van der Waals surface area contributed by atoms with Gasteiger partial charge in [0.25, 0.3) is 5.91 Å². The topological polar surface area (TPSA) is 46.2 Å². The average Bonchev–Trinajstić information content (AvgIpc) is 2.42. The van der Waals surface area contributed by atoms with E-state index >= 15 is 0 Å². The molecule has 1 heterocycles. The number of fused-ring (bicyclic) bond motifs is 1. The molecule has 0 atom stereocenters. The molecule has 1 aliphatic carbocycles. The summed E-state index contributed by atoms with van der Waals surface area (Å²) in [4.78, 5) is 23.0. The lowest BCUT2D eigenvalue weighted by molar-refractivity contribution is -0.129. The average molecular weight is 287 g/mol. The molecule has 1 saturated heterocycles. The first-order valence-electron chi connectivity index (χ1n) is 6.44.